The Morgan fingerprint density at radius 3 is 2.72 bits per heavy atom. The summed E-state index contributed by atoms with van der Waals surface area (Å²) in [6.45, 7) is 1.69. The van der Waals surface area contributed by atoms with Crippen molar-refractivity contribution in [2.24, 2.45) is 0 Å². The Kier molecular flexibility index (Phi) is 5.59. The van der Waals surface area contributed by atoms with Gasteiger partial charge in [-0.25, -0.2) is 15.0 Å². The number of hydrogen-bond donors (Lipinski definition) is 1. The molecule has 0 aliphatic heterocycles. The molecule has 0 radical (unpaired) electrons. The van der Waals surface area contributed by atoms with E-state index >= 15 is 0 Å². The molecule has 2 atom stereocenters. The first kappa shape index (κ1) is 19.5. The summed E-state index contributed by atoms with van der Waals surface area (Å²) in [5.74, 6) is 1.00. The van der Waals surface area contributed by atoms with E-state index in [9.17, 15) is 4.79 Å². The maximum atomic E-state index is 11.2. The molecule has 4 rings (SSSR count). The number of nitrogens with zero attached hydrogens (tertiary/aromatic N) is 3. The molecule has 1 aliphatic carbocycles. The molecule has 9 heteroatoms. The maximum absolute atomic E-state index is 11.2. The van der Waals surface area contributed by atoms with Crippen molar-refractivity contribution in [3.8, 4) is 16.9 Å². The molecule has 1 fully saturated rings. The van der Waals surface area contributed by atoms with Crippen LogP contribution in [0.5, 0.6) is 5.75 Å². The molecule has 1 aromatic carbocycles. The second kappa shape index (κ2) is 8.30. The first-order chi connectivity index (χ1) is 14.0. The molecule has 0 amide bonds. The number of methoxy groups -OCH3 is 1. The van der Waals surface area contributed by atoms with Gasteiger partial charge in [-0.15, -0.1) is 0 Å². The van der Waals surface area contributed by atoms with Gasteiger partial charge in [0.25, 0.3) is 0 Å². The zero-order chi connectivity index (χ0) is 20.4. The lowest BCUT2D eigenvalue weighted by Gasteiger charge is -2.19. The van der Waals surface area contributed by atoms with E-state index in [0.717, 1.165) is 40.6 Å². The van der Waals surface area contributed by atoms with Crippen molar-refractivity contribution in [1.82, 2.24) is 15.0 Å². The summed E-state index contributed by atoms with van der Waals surface area (Å²) in [4.78, 5) is 24.4. The summed E-state index contributed by atoms with van der Waals surface area (Å²) < 4.78 is 17.7. The van der Waals surface area contributed by atoms with Gasteiger partial charge in [0, 0.05) is 30.4 Å². The van der Waals surface area contributed by atoms with Gasteiger partial charge in [0.1, 0.15) is 18.5 Å². The Bertz CT molecular complexity index is 1020. The van der Waals surface area contributed by atoms with Crippen LogP contribution in [0.3, 0.4) is 0 Å². The van der Waals surface area contributed by atoms with Crippen molar-refractivity contribution in [3.05, 3.63) is 30.4 Å². The fourth-order valence-electron chi connectivity index (χ4n) is 3.60. The molecule has 1 aliphatic rings. The van der Waals surface area contributed by atoms with Gasteiger partial charge in [-0.05, 0) is 31.4 Å². The van der Waals surface area contributed by atoms with Crippen LogP contribution in [0.15, 0.2) is 24.5 Å². The standard InChI is InChI=1S/C20H22N4O4S/c1-11(25)28-16-5-3-4-15(16)27-10-17-22-8-12(9-23-17)13-6-7-14-19(18(13)26-2)29-20(21)24-14/h6-9,15-16H,3-5,10H2,1-2H3,(H2,21,24)/t15-,16-/m0/s1. The maximum Gasteiger partial charge on any atom is 0.302 e. The van der Waals surface area contributed by atoms with Crippen molar-refractivity contribution < 1.29 is 19.0 Å². The van der Waals surface area contributed by atoms with Crippen molar-refractivity contribution in [2.75, 3.05) is 12.8 Å². The zero-order valence-electron chi connectivity index (χ0n) is 16.3. The van der Waals surface area contributed by atoms with Crippen molar-refractivity contribution >= 4 is 32.7 Å². The molecule has 2 aromatic heterocycles. The average molecular weight is 414 g/mol. The molecule has 8 nitrogen and oxygen atoms in total. The van der Waals surface area contributed by atoms with E-state index in [1.165, 1.54) is 18.3 Å². The number of benzene rings is 1. The topological polar surface area (TPSA) is 109 Å². The molecule has 1 saturated carbocycles. The molecular weight excluding hydrogens is 392 g/mol. The van der Waals surface area contributed by atoms with E-state index in [-0.39, 0.29) is 24.8 Å². The van der Waals surface area contributed by atoms with Crippen LogP contribution >= 0.6 is 11.3 Å². The highest BCUT2D eigenvalue weighted by atomic mass is 32.1. The van der Waals surface area contributed by atoms with E-state index < -0.39 is 0 Å². The summed E-state index contributed by atoms with van der Waals surface area (Å²) in [6, 6.07) is 3.84. The van der Waals surface area contributed by atoms with Gasteiger partial charge in [0.05, 0.1) is 23.4 Å². The third kappa shape index (κ3) is 4.15. The number of esters is 1. The molecule has 152 valence electrons. The van der Waals surface area contributed by atoms with Crippen LogP contribution in [0, 0.1) is 0 Å². The predicted molar refractivity (Wildman–Crippen MR) is 110 cm³/mol. The van der Waals surface area contributed by atoms with Crippen LogP contribution in [0.2, 0.25) is 0 Å². The second-order valence-electron chi connectivity index (χ2n) is 6.86. The predicted octanol–water partition coefficient (Wildman–Crippen LogP) is 3.34. The number of carbonyl (C=O) groups is 1. The van der Waals surface area contributed by atoms with Crippen LogP contribution in [0.1, 0.15) is 32.0 Å². The third-order valence-electron chi connectivity index (χ3n) is 4.88. The Balaban J connectivity index is 1.48. The SMILES string of the molecule is COc1c(-c2cnc(CO[C@H]3CCC[C@@H]3OC(C)=O)nc2)ccc2nc(N)sc12. The van der Waals surface area contributed by atoms with Crippen molar-refractivity contribution in [3.63, 3.8) is 0 Å². The number of rotatable bonds is 6. The lowest BCUT2D eigenvalue weighted by molar-refractivity contribution is -0.153. The number of ether oxygens (including phenoxy) is 3. The number of carbonyl (C=O) groups excluding carboxylic acids is 1. The minimum Gasteiger partial charge on any atom is -0.495 e. The van der Waals surface area contributed by atoms with Gasteiger partial charge in [-0.3, -0.25) is 4.79 Å². The fourth-order valence-corrected chi connectivity index (χ4v) is 4.45. The van der Waals surface area contributed by atoms with Crippen LogP contribution < -0.4 is 10.5 Å². The molecule has 2 N–H and O–H groups in total. The molecule has 29 heavy (non-hydrogen) atoms. The molecule has 3 aromatic rings. The number of anilines is 1. The number of nitrogens with two attached hydrogens (primary N) is 1. The highest BCUT2D eigenvalue weighted by Crippen LogP contribution is 2.39. The summed E-state index contributed by atoms with van der Waals surface area (Å²) >= 11 is 1.39. The van der Waals surface area contributed by atoms with Crippen LogP contribution in [0.4, 0.5) is 5.13 Å². The average Bonchev–Trinajstić information content (AvgIpc) is 3.30. The molecule has 0 spiro atoms. The van der Waals surface area contributed by atoms with E-state index in [4.69, 9.17) is 19.9 Å². The molecule has 0 bridgehead atoms. The molecule has 0 saturated heterocycles. The molecule has 2 heterocycles. The molecule has 0 unspecified atom stereocenters. The van der Waals surface area contributed by atoms with E-state index in [1.54, 1.807) is 19.5 Å². The Morgan fingerprint density at radius 1 is 1.24 bits per heavy atom. The first-order valence-corrected chi connectivity index (χ1v) is 10.2. The minimum absolute atomic E-state index is 0.110. The van der Waals surface area contributed by atoms with Gasteiger partial charge >= 0.3 is 5.97 Å². The third-order valence-corrected chi connectivity index (χ3v) is 5.78. The van der Waals surface area contributed by atoms with Gasteiger partial charge < -0.3 is 19.9 Å². The van der Waals surface area contributed by atoms with Crippen LogP contribution in [0.25, 0.3) is 21.3 Å². The number of hydrogen-bond acceptors (Lipinski definition) is 9. The number of thiazole rings is 1. The summed E-state index contributed by atoms with van der Waals surface area (Å²) in [6.07, 6.45) is 5.87. The monoisotopic (exact) mass is 414 g/mol. The van der Waals surface area contributed by atoms with E-state index in [2.05, 4.69) is 15.0 Å². The second-order valence-corrected chi connectivity index (χ2v) is 7.89. The fraction of sp³-hybridized carbons (Fsp3) is 0.400. The van der Waals surface area contributed by atoms with E-state index in [1.807, 2.05) is 12.1 Å². The van der Waals surface area contributed by atoms with Crippen LogP contribution in [-0.2, 0) is 20.9 Å². The number of nitrogen functional groups attached to an aromatic ring is 1. The van der Waals surface area contributed by atoms with Gasteiger partial charge in [0.15, 0.2) is 11.0 Å². The number of aromatic nitrogens is 3. The normalized spacial score (nSPS) is 18.8. The summed E-state index contributed by atoms with van der Waals surface area (Å²) in [7, 11) is 1.62. The van der Waals surface area contributed by atoms with Gasteiger partial charge in [-0.2, -0.15) is 0 Å². The minimum atomic E-state index is -0.278. The van der Waals surface area contributed by atoms with Gasteiger partial charge in [0.2, 0.25) is 0 Å². The lowest BCUT2D eigenvalue weighted by Crippen LogP contribution is -2.28. The largest absolute Gasteiger partial charge is 0.495 e. The first-order valence-electron chi connectivity index (χ1n) is 9.38. The van der Waals surface area contributed by atoms with Crippen molar-refractivity contribution in [1.29, 1.82) is 0 Å². The van der Waals surface area contributed by atoms with Crippen molar-refractivity contribution in [2.45, 2.75) is 45.0 Å². The highest BCUT2D eigenvalue weighted by molar-refractivity contribution is 7.22. The van der Waals surface area contributed by atoms with Gasteiger partial charge in [-0.1, -0.05) is 11.3 Å². The van der Waals surface area contributed by atoms with E-state index in [0.29, 0.717) is 16.7 Å². The quantitative estimate of drug-likeness (QED) is 0.612. The smallest absolute Gasteiger partial charge is 0.302 e. The summed E-state index contributed by atoms with van der Waals surface area (Å²) in [5.41, 5.74) is 8.34. The summed E-state index contributed by atoms with van der Waals surface area (Å²) in [5, 5.41) is 0.498. The highest BCUT2D eigenvalue weighted by Gasteiger charge is 2.30. The Morgan fingerprint density at radius 2 is 2.00 bits per heavy atom. The lowest BCUT2D eigenvalue weighted by atomic mass is 10.1. The Hall–Kier alpha value is -2.78. The molecular formula is C20H22N4O4S. The zero-order valence-corrected chi connectivity index (χ0v) is 17.1. The van der Waals surface area contributed by atoms with Crippen LogP contribution in [-0.4, -0.2) is 40.2 Å². The Labute approximate surface area is 172 Å². The number of fused-ring (bicyclic) bond motifs is 1.